The molecule has 1 atom stereocenters. The molecule has 0 aromatic heterocycles. The molecule has 0 aliphatic carbocycles. The van der Waals surface area contributed by atoms with Crippen LogP contribution in [-0.4, -0.2) is 53.9 Å². The molecule has 0 N–H and O–H groups in total. The Balaban J connectivity index is 1.44. The highest BCUT2D eigenvalue weighted by Gasteiger charge is 2.27. The molecule has 0 saturated carbocycles. The van der Waals surface area contributed by atoms with Crippen LogP contribution in [0.15, 0.2) is 54.6 Å². The highest BCUT2D eigenvalue weighted by Crippen LogP contribution is 2.11. The van der Waals surface area contributed by atoms with Crippen molar-refractivity contribution in [2.45, 2.75) is 26.1 Å². The highest BCUT2D eigenvalue weighted by atomic mass is 19.1. The van der Waals surface area contributed by atoms with Gasteiger partial charge in [0.05, 0.1) is 13.0 Å². The Bertz CT molecular complexity index is 787. The molecule has 1 aliphatic rings. The van der Waals surface area contributed by atoms with Crippen molar-refractivity contribution in [2.75, 3.05) is 26.2 Å². The van der Waals surface area contributed by atoms with E-state index in [0.717, 1.165) is 11.1 Å². The molecule has 0 bridgehead atoms. The third kappa shape index (κ3) is 5.39. The van der Waals surface area contributed by atoms with Crippen LogP contribution in [0.4, 0.5) is 4.39 Å². The molecule has 3 rings (SSSR count). The van der Waals surface area contributed by atoms with Crippen molar-refractivity contribution in [1.82, 2.24) is 9.80 Å². The molecule has 5 nitrogen and oxygen atoms in total. The largest absolute Gasteiger partial charge is 0.364 e. The third-order valence-corrected chi connectivity index (χ3v) is 4.90. The van der Waals surface area contributed by atoms with E-state index in [2.05, 4.69) is 0 Å². The minimum Gasteiger partial charge on any atom is -0.364 e. The second-order valence-corrected chi connectivity index (χ2v) is 6.95. The third-order valence-electron chi connectivity index (χ3n) is 4.90. The molecular formula is C22H25FN2O3. The van der Waals surface area contributed by atoms with Gasteiger partial charge in [0.15, 0.2) is 0 Å². The normalized spacial score (nSPS) is 15.4. The van der Waals surface area contributed by atoms with E-state index in [1.807, 2.05) is 30.3 Å². The number of rotatable bonds is 6. The first-order valence-corrected chi connectivity index (χ1v) is 9.49. The van der Waals surface area contributed by atoms with Gasteiger partial charge in [-0.05, 0) is 30.2 Å². The van der Waals surface area contributed by atoms with Crippen molar-refractivity contribution in [3.05, 3.63) is 71.5 Å². The second-order valence-electron chi connectivity index (χ2n) is 6.95. The van der Waals surface area contributed by atoms with Crippen molar-refractivity contribution in [3.63, 3.8) is 0 Å². The summed E-state index contributed by atoms with van der Waals surface area (Å²) in [7, 11) is 0. The fraction of sp³-hybridized carbons (Fsp3) is 0.364. The first-order valence-electron chi connectivity index (χ1n) is 9.49. The van der Waals surface area contributed by atoms with E-state index in [4.69, 9.17) is 4.74 Å². The molecule has 2 amide bonds. The summed E-state index contributed by atoms with van der Waals surface area (Å²) in [5, 5.41) is 0. The van der Waals surface area contributed by atoms with Gasteiger partial charge in [0, 0.05) is 26.2 Å². The monoisotopic (exact) mass is 384 g/mol. The number of halogens is 1. The summed E-state index contributed by atoms with van der Waals surface area (Å²) >= 11 is 0. The lowest BCUT2D eigenvalue weighted by molar-refractivity contribution is -0.147. The number of ether oxygens (including phenoxy) is 1. The molecule has 28 heavy (non-hydrogen) atoms. The summed E-state index contributed by atoms with van der Waals surface area (Å²) in [5.74, 6) is -0.374. The van der Waals surface area contributed by atoms with Gasteiger partial charge in [-0.1, -0.05) is 42.5 Å². The second kappa shape index (κ2) is 9.46. The number of benzene rings is 2. The van der Waals surface area contributed by atoms with E-state index in [0.29, 0.717) is 32.8 Å². The van der Waals surface area contributed by atoms with Crippen molar-refractivity contribution in [2.24, 2.45) is 0 Å². The van der Waals surface area contributed by atoms with Crippen LogP contribution in [-0.2, 0) is 27.4 Å². The molecule has 148 valence electrons. The lowest BCUT2D eigenvalue weighted by Crippen LogP contribution is -2.53. The summed E-state index contributed by atoms with van der Waals surface area (Å²) in [6.07, 6.45) is -0.285. The molecule has 2 aromatic carbocycles. The SMILES string of the molecule is CC(OCc1ccccc1)C(=O)N1CCN(C(=O)Cc2ccc(F)cc2)CC1. The standard InChI is InChI=1S/C22H25FN2O3/c1-17(28-16-19-5-3-2-4-6-19)22(27)25-13-11-24(12-14-25)21(26)15-18-7-9-20(23)10-8-18/h2-10,17H,11-16H2,1H3. The van der Waals surface area contributed by atoms with Crippen LogP contribution in [0.3, 0.4) is 0 Å². The van der Waals surface area contributed by atoms with Crippen molar-refractivity contribution in [1.29, 1.82) is 0 Å². The molecule has 1 aliphatic heterocycles. The first kappa shape index (κ1) is 20.0. The van der Waals surface area contributed by atoms with Gasteiger partial charge in [-0.15, -0.1) is 0 Å². The van der Waals surface area contributed by atoms with E-state index in [9.17, 15) is 14.0 Å². The van der Waals surface area contributed by atoms with Crippen LogP contribution >= 0.6 is 0 Å². The van der Waals surface area contributed by atoms with Crippen LogP contribution in [0.1, 0.15) is 18.1 Å². The van der Waals surface area contributed by atoms with Crippen molar-refractivity contribution >= 4 is 11.8 Å². The Labute approximate surface area is 164 Å². The van der Waals surface area contributed by atoms with Crippen LogP contribution in [0.25, 0.3) is 0 Å². The molecule has 1 fully saturated rings. The Morgan fingerprint density at radius 3 is 2.18 bits per heavy atom. The predicted molar refractivity (Wildman–Crippen MR) is 104 cm³/mol. The van der Waals surface area contributed by atoms with Gasteiger partial charge in [-0.25, -0.2) is 4.39 Å². The number of hydrogen-bond acceptors (Lipinski definition) is 3. The van der Waals surface area contributed by atoms with Crippen molar-refractivity contribution < 1.29 is 18.7 Å². The van der Waals surface area contributed by atoms with Gasteiger partial charge in [0.1, 0.15) is 11.9 Å². The van der Waals surface area contributed by atoms with Crippen LogP contribution in [0.2, 0.25) is 0 Å². The number of carbonyl (C=O) groups excluding carboxylic acids is 2. The topological polar surface area (TPSA) is 49.9 Å². The summed E-state index contributed by atoms with van der Waals surface area (Å²) in [4.78, 5) is 28.5. The van der Waals surface area contributed by atoms with E-state index < -0.39 is 6.10 Å². The van der Waals surface area contributed by atoms with E-state index in [1.165, 1.54) is 12.1 Å². The molecule has 2 aromatic rings. The average Bonchev–Trinajstić information content (AvgIpc) is 2.74. The number of carbonyl (C=O) groups is 2. The van der Waals surface area contributed by atoms with E-state index in [1.54, 1.807) is 28.9 Å². The zero-order chi connectivity index (χ0) is 19.9. The average molecular weight is 384 g/mol. The fourth-order valence-electron chi connectivity index (χ4n) is 3.19. The Hall–Kier alpha value is -2.73. The Morgan fingerprint density at radius 1 is 0.929 bits per heavy atom. The molecule has 6 heteroatoms. The minimum atomic E-state index is -0.526. The first-order chi connectivity index (χ1) is 13.5. The molecule has 0 radical (unpaired) electrons. The summed E-state index contributed by atoms with van der Waals surface area (Å²) in [5.41, 5.74) is 1.81. The van der Waals surface area contributed by atoms with Crippen LogP contribution < -0.4 is 0 Å². The van der Waals surface area contributed by atoms with Gasteiger partial charge in [-0.2, -0.15) is 0 Å². The molecule has 0 spiro atoms. The lowest BCUT2D eigenvalue weighted by atomic mass is 10.1. The van der Waals surface area contributed by atoms with Crippen LogP contribution in [0, 0.1) is 5.82 Å². The number of hydrogen-bond donors (Lipinski definition) is 0. The summed E-state index contributed by atoms with van der Waals surface area (Å²) < 4.78 is 18.7. The van der Waals surface area contributed by atoms with E-state index >= 15 is 0 Å². The van der Waals surface area contributed by atoms with Gasteiger partial charge < -0.3 is 14.5 Å². The van der Waals surface area contributed by atoms with Crippen LogP contribution in [0.5, 0.6) is 0 Å². The molecule has 1 unspecified atom stereocenters. The molecule has 1 heterocycles. The quantitative estimate of drug-likeness (QED) is 0.769. The fourth-order valence-corrected chi connectivity index (χ4v) is 3.19. The Morgan fingerprint density at radius 2 is 1.54 bits per heavy atom. The van der Waals surface area contributed by atoms with Gasteiger partial charge in [0.25, 0.3) is 5.91 Å². The minimum absolute atomic E-state index is 0.00733. The maximum atomic E-state index is 13.0. The number of nitrogens with zero attached hydrogens (tertiary/aromatic N) is 2. The number of piperazine rings is 1. The Kier molecular flexibility index (Phi) is 6.76. The van der Waals surface area contributed by atoms with Gasteiger partial charge in [0.2, 0.25) is 5.91 Å². The highest BCUT2D eigenvalue weighted by molar-refractivity contribution is 5.82. The maximum Gasteiger partial charge on any atom is 0.251 e. The maximum absolute atomic E-state index is 13.0. The molecular weight excluding hydrogens is 359 g/mol. The smallest absolute Gasteiger partial charge is 0.251 e. The van der Waals surface area contributed by atoms with E-state index in [-0.39, 0.29) is 24.1 Å². The van der Waals surface area contributed by atoms with Gasteiger partial charge in [-0.3, -0.25) is 9.59 Å². The molecule has 1 saturated heterocycles. The van der Waals surface area contributed by atoms with Crippen molar-refractivity contribution in [3.8, 4) is 0 Å². The summed E-state index contributed by atoms with van der Waals surface area (Å²) in [6.45, 7) is 4.13. The predicted octanol–water partition coefficient (Wildman–Crippen LogP) is 2.64. The lowest BCUT2D eigenvalue weighted by Gasteiger charge is -2.36. The zero-order valence-electron chi connectivity index (χ0n) is 16.0. The van der Waals surface area contributed by atoms with Gasteiger partial charge >= 0.3 is 0 Å². The zero-order valence-corrected chi connectivity index (χ0v) is 16.0. The summed E-state index contributed by atoms with van der Waals surface area (Å²) in [6, 6.07) is 15.7. The number of amides is 2.